The van der Waals surface area contributed by atoms with Crippen molar-refractivity contribution in [1.29, 1.82) is 0 Å². The smallest absolute Gasteiger partial charge is 0.188 e. The molecule has 1 saturated heterocycles. The summed E-state index contributed by atoms with van der Waals surface area (Å²) >= 11 is 0. The minimum atomic E-state index is -0.654. The summed E-state index contributed by atoms with van der Waals surface area (Å²) in [5.41, 5.74) is 9.08. The number of hydrogen-bond donors (Lipinski definition) is 4. The molecular weight excluding hydrogens is 647 g/mol. The van der Waals surface area contributed by atoms with Crippen LogP contribution in [0.15, 0.2) is 52.3 Å². The highest BCUT2D eigenvalue weighted by Gasteiger charge is 2.67. The van der Waals surface area contributed by atoms with E-state index >= 15 is 0 Å². The third-order valence-corrected chi connectivity index (χ3v) is 16.8. The summed E-state index contributed by atoms with van der Waals surface area (Å²) in [7, 11) is 0. The number of guanidine groups is 1. The molecule has 1 spiro atoms. The fourth-order valence-electron chi connectivity index (χ4n) is 13.9. The number of rotatable bonds is 7. The normalized spacial score (nSPS) is 46.1. The average molecular weight is 712 g/mol. The van der Waals surface area contributed by atoms with E-state index in [-0.39, 0.29) is 17.1 Å². The van der Waals surface area contributed by atoms with Crippen molar-refractivity contribution in [3.63, 3.8) is 0 Å². The van der Waals surface area contributed by atoms with Crippen LogP contribution in [0.25, 0.3) is 10.8 Å². The van der Waals surface area contributed by atoms with Gasteiger partial charge in [-0.2, -0.15) is 0 Å². The Balaban J connectivity index is 0.801. The maximum atomic E-state index is 11.7. The number of hydrogen-bond acceptors (Lipinski definition) is 5. The molecule has 0 amide bonds. The van der Waals surface area contributed by atoms with Crippen molar-refractivity contribution in [2.75, 3.05) is 13.1 Å². The lowest BCUT2D eigenvalue weighted by atomic mass is 9.46. The summed E-state index contributed by atoms with van der Waals surface area (Å²) in [6.07, 6.45) is 22.7. The Bertz CT molecular complexity index is 1690. The maximum Gasteiger partial charge on any atom is 0.188 e. The summed E-state index contributed by atoms with van der Waals surface area (Å²) in [5.74, 6) is 4.89. The van der Waals surface area contributed by atoms with Crippen molar-refractivity contribution in [2.24, 2.45) is 63.0 Å². The molecule has 7 heteroatoms. The highest BCUT2D eigenvalue weighted by Crippen LogP contribution is 2.69. The monoisotopic (exact) mass is 711 g/mol. The molecule has 2 heterocycles. The second kappa shape index (κ2) is 13.2. The number of furan rings is 1. The number of allylic oxidation sites excluding steroid dienone is 1. The molecular formula is C45H65N3O4. The summed E-state index contributed by atoms with van der Waals surface area (Å²) in [5, 5.41) is 27.8. The molecule has 0 bridgehead atoms. The Morgan fingerprint density at radius 3 is 2.67 bits per heavy atom. The van der Waals surface area contributed by atoms with Crippen LogP contribution in [0, 0.1) is 52.3 Å². The predicted molar refractivity (Wildman–Crippen MR) is 207 cm³/mol. The van der Waals surface area contributed by atoms with Gasteiger partial charge in [0.1, 0.15) is 0 Å². The fraction of sp³-hybridized carbons (Fsp3) is 0.756. The largest absolute Gasteiger partial charge is 0.471 e. The van der Waals surface area contributed by atoms with Crippen molar-refractivity contribution in [2.45, 2.75) is 146 Å². The number of aliphatic hydroxyl groups excluding tert-OH is 1. The van der Waals surface area contributed by atoms with E-state index in [9.17, 15) is 10.2 Å². The molecule has 52 heavy (non-hydrogen) atoms. The molecule has 1 aromatic carbocycles. The zero-order valence-corrected chi connectivity index (χ0v) is 32.0. The number of nitrogens with two attached hydrogens (primary N) is 1. The minimum Gasteiger partial charge on any atom is -0.471 e. The van der Waals surface area contributed by atoms with Crippen LogP contribution in [0.3, 0.4) is 0 Å². The molecule has 6 aliphatic carbocycles. The van der Waals surface area contributed by atoms with Gasteiger partial charge in [-0.1, -0.05) is 37.3 Å². The van der Waals surface area contributed by atoms with Gasteiger partial charge < -0.3 is 30.4 Å². The number of nitrogens with one attached hydrogen (secondary N) is 1. The van der Waals surface area contributed by atoms with E-state index in [1.165, 1.54) is 80.7 Å². The van der Waals surface area contributed by atoms with E-state index in [4.69, 9.17) is 26.5 Å². The molecule has 2 aromatic rings. The molecule has 7 aliphatic rings. The van der Waals surface area contributed by atoms with E-state index in [2.05, 4.69) is 37.4 Å². The summed E-state index contributed by atoms with van der Waals surface area (Å²) in [6, 6.07) is 6.33. The number of epoxide rings is 1. The standard InChI is InChI=1S/C45H65N3O4/c1-28-20-44(17-13-32(21-44)31-8-10-34-11-12-36(49)23-45(34,50)22-31)40-43(3,52-40)16-14-39-37(28)24-42(39,2)35-9-7-29(19-35)25-48-41(46)47-18-15-30-5-4-6-33-26-51-27-38(30)33/h4-6,26-27,29,31-32,34-37,39-40,49-50H,1,7-25H2,2-3H3,(H3,46,47,48)/t29-,31+,32-,34-,35+,36-,37+,39+,40+,42+,43+,44+,45+/m0/s1. The van der Waals surface area contributed by atoms with Gasteiger partial charge >= 0.3 is 0 Å². The van der Waals surface area contributed by atoms with Crippen LogP contribution < -0.4 is 11.1 Å². The van der Waals surface area contributed by atoms with Crippen molar-refractivity contribution in [3.05, 3.63) is 48.4 Å². The van der Waals surface area contributed by atoms with Gasteiger partial charge in [0.25, 0.3) is 0 Å². The van der Waals surface area contributed by atoms with E-state index in [1.54, 1.807) is 6.26 Å². The first-order chi connectivity index (χ1) is 25.0. The van der Waals surface area contributed by atoms with Crippen molar-refractivity contribution >= 4 is 16.7 Å². The molecule has 13 atom stereocenters. The maximum absolute atomic E-state index is 11.7. The number of aliphatic imine (C=N–C) groups is 1. The molecule has 284 valence electrons. The fourth-order valence-corrected chi connectivity index (χ4v) is 13.9. The first-order valence-corrected chi connectivity index (χ1v) is 21.2. The zero-order valence-electron chi connectivity index (χ0n) is 32.0. The summed E-state index contributed by atoms with van der Waals surface area (Å²) < 4.78 is 12.2. The first kappa shape index (κ1) is 35.4. The Morgan fingerprint density at radius 1 is 0.962 bits per heavy atom. The topological polar surface area (TPSA) is 117 Å². The van der Waals surface area contributed by atoms with E-state index in [0.717, 1.165) is 62.9 Å². The summed E-state index contributed by atoms with van der Waals surface area (Å²) in [4.78, 5) is 4.82. The molecule has 5 N–H and O–H groups in total. The van der Waals surface area contributed by atoms with Crippen LogP contribution in [0.1, 0.15) is 122 Å². The van der Waals surface area contributed by atoms with Crippen LogP contribution in [-0.2, 0) is 11.2 Å². The quantitative estimate of drug-likeness (QED) is 0.0994. The van der Waals surface area contributed by atoms with Gasteiger partial charge in [-0.15, -0.1) is 0 Å². The third kappa shape index (κ3) is 6.17. The Hall–Kier alpha value is -2.35. The first-order valence-electron chi connectivity index (χ1n) is 21.2. The van der Waals surface area contributed by atoms with Crippen LogP contribution in [-0.4, -0.2) is 52.7 Å². The number of aliphatic hydroxyl groups is 2. The van der Waals surface area contributed by atoms with E-state index < -0.39 is 5.60 Å². The van der Waals surface area contributed by atoms with Gasteiger partial charge in [-0.05, 0) is 162 Å². The van der Waals surface area contributed by atoms with E-state index in [0.29, 0.717) is 59.4 Å². The lowest BCUT2D eigenvalue weighted by molar-refractivity contribution is -0.127. The van der Waals surface area contributed by atoms with Crippen molar-refractivity contribution in [1.82, 2.24) is 5.32 Å². The number of ether oxygens (including phenoxy) is 1. The SMILES string of the molecule is C=C1C[C@@]2(CC[C@H]([C@@H]3CC[C@H]4CC[C@H](O)C[C@]4(O)C3)C2)[C@@H]2O[C@]2(C)CC[C@@H]2[C@@H]1C[C@]2(C)[C@@H]1CC[C@H](CN=C(N)NCCc2cccc3cocc23)C1. The average Bonchev–Trinajstić information content (AvgIpc) is 3.57. The highest BCUT2D eigenvalue weighted by atomic mass is 16.6. The van der Waals surface area contributed by atoms with Gasteiger partial charge in [0.15, 0.2) is 5.96 Å². The molecule has 0 unspecified atom stereocenters. The van der Waals surface area contributed by atoms with E-state index in [1.807, 2.05) is 6.26 Å². The number of benzene rings is 1. The molecule has 0 radical (unpaired) electrons. The van der Waals surface area contributed by atoms with Crippen LogP contribution >= 0.6 is 0 Å². The number of fused-ring (bicyclic) bond motifs is 5. The molecule has 9 rings (SSSR count). The number of nitrogens with zero attached hydrogens (tertiary/aromatic N) is 1. The lowest BCUT2D eigenvalue weighted by Gasteiger charge is -2.58. The molecule has 6 saturated carbocycles. The minimum absolute atomic E-state index is 0.00634. The van der Waals surface area contributed by atoms with Gasteiger partial charge in [0.05, 0.1) is 35.9 Å². The van der Waals surface area contributed by atoms with Gasteiger partial charge in [0.2, 0.25) is 0 Å². The molecule has 7 fully saturated rings. The van der Waals surface area contributed by atoms with Crippen LogP contribution in [0.2, 0.25) is 0 Å². The van der Waals surface area contributed by atoms with Crippen molar-refractivity contribution in [3.8, 4) is 0 Å². The van der Waals surface area contributed by atoms with Crippen LogP contribution in [0.5, 0.6) is 0 Å². The van der Waals surface area contributed by atoms with Gasteiger partial charge in [-0.3, -0.25) is 4.99 Å². The second-order valence-corrected chi connectivity index (χ2v) is 19.8. The summed E-state index contributed by atoms with van der Waals surface area (Å²) in [6.45, 7) is 11.5. The molecule has 1 aliphatic heterocycles. The lowest BCUT2D eigenvalue weighted by Crippen LogP contribution is -2.51. The second-order valence-electron chi connectivity index (χ2n) is 19.8. The highest BCUT2D eigenvalue weighted by molar-refractivity contribution is 5.84. The Morgan fingerprint density at radius 2 is 1.79 bits per heavy atom. The van der Waals surface area contributed by atoms with Gasteiger partial charge in [-0.25, -0.2) is 0 Å². The molecule has 1 aromatic heterocycles. The molecule has 7 nitrogen and oxygen atoms in total. The van der Waals surface area contributed by atoms with Gasteiger partial charge in [0, 0.05) is 35.7 Å². The van der Waals surface area contributed by atoms with Crippen molar-refractivity contribution < 1.29 is 19.4 Å². The third-order valence-electron chi connectivity index (χ3n) is 16.8. The predicted octanol–water partition coefficient (Wildman–Crippen LogP) is 8.31. The zero-order chi connectivity index (χ0) is 35.9. The Labute approximate surface area is 311 Å². The van der Waals surface area contributed by atoms with Crippen LogP contribution in [0.4, 0.5) is 0 Å². The Kier molecular flexibility index (Phi) is 8.94.